The van der Waals surface area contributed by atoms with Gasteiger partial charge in [-0.3, -0.25) is 0 Å². The molecule has 0 bridgehead atoms. The molecule has 2 aromatic rings. The van der Waals surface area contributed by atoms with Gasteiger partial charge in [0.25, 0.3) is 0 Å². The molecule has 2 rings (SSSR count). The zero-order valence-electron chi connectivity index (χ0n) is 8.60. The topological polar surface area (TPSA) is 55.2 Å². The van der Waals surface area contributed by atoms with Crippen LogP contribution in [0.25, 0.3) is 0 Å². The van der Waals surface area contributed by atoms with Crippen molar-refractivity contribution >= 4 is 23.2 Å². The van der Waals surface area contributed by atoms with Crippen LogP contribution in [0.1, 0.15) is 5.69 Å². The highest BCUT2D eigenvalue weighted by Crippen LogP contribution is 2.33. The molecule has 0 saturated carbocycles. The van der Waals surface area contributed by atoms with Crippen molar-refractivity contribution in [1.82, 2.24) is 10.2 Å². The summed E-state index contributed by atoms with van der Waals surface area (Å²) in [6, 6.07) is 8.27. The molecular weight excluding hydrogens is 263 g/mol. The molecule has 0 saturated heterocycles. The van der Waals surface area contributed by atoms with Gasteiger partial charge < -0.3 is 9.84 Å². The molecule has 1 N–H and O–H groups in total. The smallest absolute Gasteiger partial charge is 0.238 e. The lowest BCUT2D eigenvalue weighted by Crippen LogP contribution is -1.95. The van der Waals surface area contributed by atoms with E-state index in [-0.39, 0.29) is 12.5 Å². The molecule has 17 heavy (non-hydrogen) atoms. The summed E-state index contributed by atoms with van der Waals surface area (Å²) in [5.41, 5.74) is 0.467. The summed E-state index contributed by atoms with van der Waals surface area (Å²) in [4.78, 5) is 0. The molecule has 1 aromatic heterocycles. The molecule has 0 amide bonds. The summed E-state index contributed by atoms with van der Waals surface area (Å²) in [6.45, 7) is -0.162. The number of ether oxygens (including phenoxy) is 1. The number of aromatic nitrogens is 2. The van der Waals surface area contributed by atoms with Gasteiger partial charge in [-0.25, -0.2) is 0 Å². The van der Waals surface area contributed by atoms with Crippen molar-refractivity contribution in [3.63, 3.8) is 0 Å². The van der Waals surface area contributed by atoms with Gasteiger partial charge in [-0.05, 0) is 18.2 Å². The molecule has 1 heterocycles. The minimum absolute atomic E-state index is 0.162. The molecule has 0 unspecified atom stereocenters. The summed E-state index contributed by atoms with van der Waals surface area (Å²) in [7, 11) is 0. The average molecular weight is 271 g/mol. The van der Waals surface area contributed by atoms with E-state index in [9.17, 15) is 0 Å². The molecule has 0 aliphatic carbocycles. The summed E-state index contributed by atoms with van der Waals surface area (Å²) in [5.74, 6) is 0.691. The van der Waals surface area contributed by atoms with Crippen LogP contribution in [0.3, 0.4) is 0 Å². The Hall–Kier alpha value is -1.36. The minimum atomic E-state index is -0.162. The van der Waals surface area contributed by atoms with Crippen molar-refractivity contribution in [2.45, 2.75) is 6.61 Å². The lowest BCUT2D eigenvalue weighted by molar-refractivity contribution is 0.274. The Bertz CT molecular complexity index is 517. The number of benzene rings is 1. The van der Waals surface area contributed by atoms with E-state index in [1.54, 1.807) is 30.3 Å². The highest BCUT2D eigenvalue weighted by atomic mass is 35.5. The summed E-state index contributed by atoms with van der Waals surface area (Å²) in [5, 5.41) is 17.1. The molecule has 0 fully saturated rings. The van der Waals surface area contributed by atoms with E-state index in [1.165, 1.54) is 0 Å². The van der Waals surface area contributed by atoms with Crippen LogP contribution < -0.4 is 4.74 Å². The lowest BCUT2D eigenvalue weighted by atomic mass is 10.3. The van der Waals surface area contributed by atoms with Crippen molar-refractivity contribution in [3.05, 3.63) is 46.1 Å². The van der Waals surface area contributed by atoms with Crippen molar-refractivity contribution < 1.29 is 9.84 Å². The van der Waals surface area contributed by atoms with Gasteiger partial charge in [0, 0.05) is 6.07 Å². The Morgan fingerprint density at radius 1 is 1.12 bits per heavy atom. The highest BCUT2D eigenvalue weighted by molar-refractivity contribution is 6.42. The molecule has 4 nitrogen and oxygen atoms in total. The number of hydrogen-bond donors (Lipinski definition) is 1. The van der Waals surface area contributed by atoms with Gasteiger partial charge >= 0.3 is 0 Å². The van der Waals surface area contributed by atoms with Crippen molar-refractivity contribution in [2.75, 3.05) is 0 Å². The van der Waals surface area contributed by atoms with E-state index in [0.29, 0.717) is 21.5 Å². The fraction of sp³-hybridized carbons (Fsp3) is 0.0909. The third-order valence-electron chi connectivity index (χ3n) is 1.99. The van der Waals surface area contributed by atoms with Crippen LogP contribution in [0, 0.1) is 0 Å². The SMILES string of the molecule is OCc1ccc(Oc2cccc(Cl)c2Cl)nn1. The van der Waals surface area contributed by atoms with Gasteiger partial charge in [-0.1, -0.05) is 29.3 Å². The van der Waals surface area contributed by atoms with Crippen molar-refractivity contribution in [2.24, 2.45) is 0 Å². The lowest BCUT2D eigenvalue weighted by Gasteiger charge is -2.06. The van der Waals surface area contributed by atoms with E-state index < -0.39 is 0 Å². The largest absolute Gasteiger partial charge is 0.436 e. The van der Waals surface area contributed by atoms with Crippen molar-refractivity contribution in [1.29, 1.82) is 0 Å². The summed E-state index contributed by atoms with van der Waals surface area (Å²) >= 11 is 11.8. The number of rotatable bonds is 3. The number of aliphatic hydroxyl groups excluding tert-OH is 1. The van der Waals surface area contributed by atoms with Crippen molar-refractivity contribution in [3.8, 4) is 11.6 Å². The van der Waals surface area contributed by atoms with Gasteiger partial charge in [0.2, 0.25) is 5.88 Å². The molecule has 0 aliphatic heterocycles. The van der Waals surface area contributed by atoms with Gasteiger partial charge in [0.15, 0.2) is 0 Å². The van der Waals surface area contributed by atoms with E-state index in [1.807, 2.05) is 0 Å². The van der Waals surface area contributed by atoms with E-state index in [2.05, 4.69) is 10.2 Å². The Morgan fingerprint density at radius 2 is 1.94 bits per heavy atom. The van der Waals surface area contributed by atoms with E-state index >= 15 is 0 Å². The van der Waals surface area contributed by atoms with E-state index in [0.717, 1.165) is 0 Å². The molecule has 0 radical (unpaired) electrons. The van der Waals surface area contributed by atoms with Crippen LogP contribution >= 0.6 is 23.2 Å². The molecule has 0 atom stereocenters. The molecule has 88 valence electrons. The van der Waals surface area contributed by atoms with Crippen LogP contribution in [-0.2, 0) is 6.61 Å². The fourth-order valence-corrected chi connectivity index (χ4v) is 1.49. The molecule has 0 spiro atoms. The molecule has 6 heteroatoms. The zero-order chi connectivity index (χ0) is 12.3. The molecule has 1 aromatic carbocycles. The highest BCUT2D eigenvalue weighted by Gasteiger charge is 2.07. The van der Waals surface area contributed by atoms with Crippen LogP contribution in [0.15, 0.2) is 30.3 Å². The molecule has 0 aliphatic rings. The third-order valence-corrected chi connectivity index (χ3v) is 2.79. The first-order valence-electron chi connectivity index (χ1n) is 4.76. The normalized spacial score (nSPS) is 10.3. The summed E-state index contributed by atoms with van der Waals surface area (Å²) in [6.07, 6.45) is 0. The monoisotopic (exact) mass is 270 g/mol. The number of hydrogen-bond acceptors (Lipinski definition) is 4. The van der Waals surface area contributed by atoms with Crippen LogP contribution in [0.4, 0.5) is 0 Å². The third kappa shape index (κ3) is 2.85. The quantitative estimate of drug-likeness (QED) is 0.932. The van der Waals surface area contributed by atoms with Crippen LogP contribution in [0.5, 0.6) is 11.6 Å². The Balaban J connectivity index is 2.22. The van der Waals surface area contributed by atoms with E-state index in [4.69, 9.17) is 33.0 Å². The second-order valence-electron chi connectivity index (χ2n) is 3.18. The first-order chi connectivity index (χ1) is 8.20. The second-order valence-corrected chi connectivity index (χ2v) is 3.96. The number of nitrogens with zero attached hydrogens (tertiary/aromatic N) is 2. The second kappa shape index (κ2) is 5.31. The van der Waals surface area contributed by atoms with Gasteiger partial charge in [0.1, 0.15) is 10.8 Å². The standard InChI is InChI=1S/C11H8Cl2N2O2/c12-8-2-1-3-9(11(8)13)17-10-5-4-7(6-16)14-15-10/h1-5,16H,6H2. The minimum Gasteiger partial charge on any atom is -0.436 e. The Labute approximate surface area is 108 Å². The maximum atomic E-state index is 8.82. The van der Waals surface area contributed by atoms with Crippen LogP contribution in [0.2, 0.25) is 10.0 Å². The maximum Gasteiger partial charge on any atom is 0.238 e. The number of aliphatic hydroxyl groups is 1. The predicted molar refractivity (Wildman–Crippen MR) is 64.5 cm³/mol. The van der Waals surface area contributed by atoms with Gasteiger partial charge in [-0.15, -0.1) is 10.2 Å². The average Bonchev–Trinajstić information content (AvgIpc) is 2.36. The Morgan fingerprint density at radius 3 is 2.59 bits per heavy atom. The Kier molecular flexibility index (Phi) is 3.78. The van der Waals surface area contributed by atoms with Crippen LogP contribution in [-0.4, -0.2) is 15.3 Å². The first kappa shape index (κ1) is 12.1. The zero-order valence-corrected chi connectivity index (χ0v) is 10.1. The number of halogens is 2. The fourth-order valence-electron chi connectivity index (χ4n) is 1.16. The first-order valence-corrected chi connectivity index (χ1v) is 5.51. The van der Waals surface area contributed by atoms with Gasteiger partial charge in [-0.2, -0.15) is 0 Å². The molecular formula is C11H8Cl2N2O2. The maximum absolute atomic E-state index is 8.82. The van der Waals surface area contributed by atoms with Gasteiger partial charge in [0.05, 0.1) is 17.3 Å². The summed E-state index contributed by atoms with van der Waals surface area (Å²) < 4.78 is 5.42. The predicted octanol–water partition coefficient (Wildman–Crippen LogP) is 3.07.